The first-order chi connectivity index (χ1) is 12.7. The summed E-state index contributed by atoms with van der Waals surface area (Å²) in [5, 5.41) is 5.95. The first kappa shape index (κ1) is 16.9. The minimum atomic E-state index is -0.347. The standard InChI is InChI=1S/C18H16ClN5OS/c19-14-11-21-18(24-8-1-2-9-24)23-15(14)16(25)22-13-5-3-12(4-6-13)17-20-7-10-26-17/h3-7,10-11H,1-2,8-9H2,(H,22,25). The molecule has 3 aromatic rings. The van der Waals surface area contributed by atoms with Crippen molar-refractivity contribution in [1.29, 1.82) is 0 Å². The van der Waals surface area contributed by atoms with Gasteiger partial charge in [0.2, 0.25) is 5.95 Å². The lowest BCUT2D eigenvalue weighted by atomic mass is 10.2. The number of halogens is 1. The summed E-state index contributed by atoms with van der Waals surface area (Å²) in [5.41, 5.74) is 1.87. The lowest BCUT2D eigenvalue weighted by Gasteiger charge is -2.16. The molecule has 0 bridgehead atoms. The maximum Gasteiger partial charge on any atom is 0.276 e. The smallest absolute Gasteiger partial charge is 0.276 e. The molecule has 1 aliphatic rings. The van der Waals surface area contributed by atoms with Gasteiger partial charge in [-0.1, -0.05) is 11.6 Å². The van der Waals surface area contributed by atoms with Gasteiger partial charge in [0.15, 0.2) is 5.69 Å². The minimum absolute atomic E-state index is 0.188. The molecule has 0 atom stereocenters. The Morgan fingerprint density at radius 3 is 2.62 bits per heavy atom. The summed E-state index contributed by atoms with van der Waals surface area (Å²) in [4.78, 5) is 27.6. The molecule has 3 heterocycles. The number of carbonyl (C=O) groups is 1. The number of carbonyl (C=O) groups excluding carboxylic acids is 1. The van der Waals surface area contributed by atoms with Crippen LogP contribution in [-0.4, -0.2) is 33.9 Å². The third-order valence-electron chi connectivity index (χ3n) is 4.16. The Kier molecular flexibility index (Phi) is 4.81. The summed E-state index contributed by atoms with van der Waals surface area (Å²) in [6.07, 6.45) is 5.48. The van der Waals surface area contributed by atoms with Gasteiger partial charge < -0.3 is 10.2 Å². The van der Waals surface area contributed by atoms with Crippen LogP contribution in [0.3, 0.4) is 0 Å². The Balaban J connectivity index is 1.51. The molecular formula is C18H16ClN5OS. The molecule has 2 aromatic heterocycles. The highest BCUT2D eigenvalue weighted by atomic mass is 35.5. The Bertz CT molecular complexity index is 908. The Hall–Kier alpha value is -2.51. The lowest BCUT2D eigenvalue weighted by molar-refractivity contribution is 0.102. The van der Waals surface area contributed by atoms with Crippen molar-refractivity contribution >= 4 is 40.5 Å². The van der Waals surface area contributed by atoms with Crippen LogP contribution in [0.2, 0.25) is 5.02 Å². The molecule has 26 heavy (non-hydrogen) atoms. The van der Waals surface area contributed by atoms with Crippen molar-refractivity contribution in [3.8, 4) is 10.6 Å². The number of benzene rings is 1. The molecule has 0 unspecified atom stereocenters. The molecule has 1 N–H and O–H groups in total. The van der Waals surface area contributed by atoms with E-state index in [9.17, 15) is 4.79 Å². The average Bonchev–Trinajstić information content (AvgIpc) is 3.37. The summed E-state index contributed by atoms with van der Waals surface area (Å²) >= 11 is 7.72. The molecule has 6 nitrogen and oxygen atoms in total. The average molecular weight is 386 g/mol. The summed E-state index contributed by atoms with van der Waals surface area (Å²) in [6.45, 7) is 1.81. The van der Waals surface area contributed by atoms with Crippen molar-refractivity contribution in [3.63, 3.8) is 0 Å². The Morgan fingerprint density at radius 2 is 1.92 bits per heavy atom. The minimum Gasteiger partial charge on any atom is -0.341 e. The van der Waals surface area contributed by atoms with Crippen LogP contribution in [0.1, 0.15) is 23.3 Å². The zero-order valence-corrected chi connectivity index (χ0v) is 15.4. The molecule has 1 aliphatic heterocycles. The number of rotatable bonds is 4. The second kappa shape index (κ2) is 7.39. The van der Waals surface area contributed by atoms with Gasteiger partial charge in [0.25, 0.3) is 5.91 Å². The molecular weight excluding hydrogens is 370 g/mol. The molecule has 1 amide bonds. The Morgan fingerprint density at radius 1 is 1.15 bits per heavy atom. The van der Waals surface area contributed by atoms with Crippen molar-refractivity contribution in [2.24, 2.45) is 0 Å². The van der Waals surface area contributed by atoms with Gasteiger partial charge in [-0.15, -0.1) is 11.3 Å². The molecule has 0 spiro atoms. The van der Waals surface area contributed by atoms with E-state index in [1.54, 1.807) is 17.5 Å². The Labute approximate surface area is 159 Å². The van der Waals surface area contributed by atoms with Crippen LogP contribution in [0.15, 0.2) is 42.0 Å². The summed E-state index contributed by atoms with van der Waals surface area (Å²) < 4.78 is 0. The van der Waals surface area contributed by atoms with E-state index in [0.29, 0.717) is 11.6 Å². The van der Waals surface area contributed by atoms with Crippen molar-refractivity contribution in [2.45, 2.75) is 12.8 Å². The van der Waals surface area contributed by atoms with Gasteiger partial charge in [-0.25, -0.2) is 15.0 Å². The number of hydrogen-bond acceptors (Lipinski definition) is 6. The summed E-state index contributed by atoms with van der Waals surface area (Å²) in [5.74, 6) is 0.205. The molecule has 1 fully saturated rings. The molecule has 1 aromatic carbocycles. The van der Waals surface area contributed by atoms with E-state index >= 15 is 0 Å². The van der Waals surface area contributed by atoms with E-state index < -0.39 is 0 Å². The first-order valence-corrected chi connectivity index (χ1v) is 9.55. The lowest BCUT2D eigenvalue weighted by Crippen LogP contribution is -2.23. The maximum absolute atomic E-state index is 12.6. The number of anilines is 2. The maximum atomic E-state index is 12.6. The topological polar surface area (TPSA) is 71.0 Å². The van der Waals surface area contributed by atoms with E-state index in [-0.39, 0.29) is 16.6 Å². The second-order valence-corrected chi connectivity index (χ2v) is 7.23. The molecule has 0 radical (unpaired) electrons. The number of hydrogen-bond donors (Lipinski definition) is 1. The van der Waals surface area contributed by atoms with Crippen molar-refractivity contribution < 1.29 is 4.79 Å². The highest BCUT2D eigenvalue weighted by Crippen LogP contribution is 2.24. The van der Waals surface area contributed by atoms with E-state index in [4.69, 9.17) is 11.6 Å². The predicted octanol–water partition coefficient (Wildman–Crippen LogP) is 4.11. The van der Waals surface area contributed by atoms with Gasteiger partial charge in [-0.2, -0.15) is 0 Å². The fourth-order valence-corrected chi connectivity index (χ4v) is 3.66. The number of nitrogens with zero attached hydrogens (tertiary/aromatic N) is 4. The summed E-state index contributed by atoms with van der Waals surface area (Å²) in [7, 11) is 0. The third-order valence-corrected chi connectivity index (χ3v) is 5.26. The normalized spacial score (nSPS) is 13.8. The monoisotopic (exact) mass is 385 g/mol. The molecule has 4 rings (SSSR count). The van der Waals surface area contributed by atoms with Gasteiger partial charge in [0.1, 0.15) is 5.01 Å². The first-order valence-electron chi connectivity index (χ1n) is 8.29. The predicted molar refractivity (Wildman–Crippen MR) is 104 cm³/mol. The molecule has 0 aliphatic carbocycles. The van der Waals surface area contributed by atoms with Crippen LogP contribution in [0.5, 0.6) is 0 Å². The second-order valence-electron chi connectivity index (χ2n) is 5.93. The number of thiazole rings is 1. The van der Waals surface area contributed by atoms with Crippen LogP contribution in [0, 0.1) is 0 Å². The zero-order chi connectivity index (χ0) is 17.9. The third kappa shape index (κ3) is 3.54. The van der Waals surface area contributed by atoms with Crippen LogP contribution in [0.4, 0.5) is 11.6 Å². The van der Waals surface area contributed by atoms with Gasteiger partial charge in [0.05, 0.1) is 11.2 Å². The quantitative estimate of drug-likeness (QED) is 0.731. The van der Waals surface area contributed by atoms with Crippen LogP contribution >= 0.6 is 22.9 Å². The number of nitrogens with one attached hydrogen (secondary N) is 1. The van der Waals surface area contributed by atoms with Crippen LogP contribution in [0.25, 0.3) is 10.6 Å². The van der Waals surface area contributed by atoms with Crippen LogP contribution in [-0.2, 0) is 0 Å². The highest BCUT2D eigenvalue weighted by Gasteiger charge is 2.19. The highest BCUT2D eigenvalue weighted by molar-refractivity contribution is 7.13. The van der Waals surface area contributed by atoms with Gasteiger partial charge in [-0.3, -0.25) is 4.79 Å². The number of aromatic nitrogens is 3. The molecule has 1 saturated heterocycles. The molecule has 8 heteroatoms. The number of amides is 1. The van der Waals surface area contributed by atoms with Crippen molar-refractivity contribution in [1.82, 2.24) is 15.0 Å². The van der Waals surface area contributed by atoms with Gasteiger partial charge >= 0.3 is 0 Å². The van der Waals surface area contributed by atoms with E-state index in [2.05, 4.69) is 25.2 Å². The zero-order valence-electron chi connectivity index (χ0n) is 13.9. The van der Waals surface area contributed by atoms with Crippen molar-refractivity contribution in [3.05, 3.63) is 52.8 Å². The van der Waals surface area contributed by atoms with Crippen LogP contribution < -0.4 is 10.2 Å². The molecule has 132 valence electrons. The van der Waals surface area contributed by atoms with Crippen molar-refractivity contribution in [2.75, 3.05) is 23.3 Å². The fraction of sp³-hybridized carbons (Fsp3) is 0.222. The summed E-state index contributed by atoms with van der Waals surface area (Å²) in [6, 6.07) is 7.52. The van der Waals surface area contributed by atoms with Gasteiger partial charge in [-0.05, 0) is 37.1 Å². The largest absolute Gasteiger partial charge is 0.341 e. The van der Waals surface area contributed by atoms with Gasteiger partial charge in [0, 0.05) is 35.9 Å². The van der Waals surface area contributed by atoms with E-state index in [0.717, 1.165) is 36.5 Å². The molecule has 0 saturated carbocycles. The van der Waals surface area contributed by atoms with E-state index in [1.807, 2.05) is 29.6 Å². The fourth-order valence-electron chi connectivity index (χ4n) is 2.84. The SMILES string of the molecule is O=C(Nc1ccc(-c2nccs2)cc1)c1nc(N2CCCC2)ncc1Cl. The van der Waals surface area contributed by atoms with E-state index in [1.165, 1.54) is 6.20 Å².